The standard InChI is InChI=1S/C16H26N2O/c1-5-18-16-7-6-15(12(16)4)13-8-14(10-17-9-13)19-11(2)3/h8-12,15-16,18H,5-7H2,1-4H3. The highest BCUT2D eigenvalue weighted by Gasteiger charge is 2.33. The molecule has 0 saturated heterocycles. The summed E-state index contributed by atoms with van der Waals surface area (Å²) in [5.74, 6) is 2.16. The highest BCUT2D eigenvalue weighted by molar-refractivity contribution is 5.28. The van der Waals surface area contributed by atoms with E-state index in [1.165, 1.54) is 18.4 Å². The van der Waals surface area contributed by atoms with E-state index in [1.54, 1.807) is 0 Å². The first-order chi connectivity index (χ1) is 9.11. The van der Waals surface area contributed by atoms with Gasteiger partial charge in [-0.3, -0.25) is 4.98 Å². The monoisotopic (exact) mass is 262 g/mol. The van der Waals surface area contributed by atoms with Crippen LogP contribution in [0.5, 0.6) is 5.75 Å². The third kappa shape index (κ3) is 3.47. The summed E-state index contributed by atoms with van der Waals surface area (Å²) in [6.07, 6.45) is 6.52. The molecule has 3 atom stereocenters. The molecule has 3 unspecified atom stereocenters. The predicted molar refractivity (Wildman–Crippen MR) is 78.6 cm³/mol. The zero-order valence-corrected chi connectivity index (χ0v) is 12.5. The molecule has 19 heavy (non-hydrogen) atoms. The molecule has 3 heteroatoms. The van der Waals surface area contributed by atoms with Gasteiger partial charge in [0.15, 0.2) is 0 Å². The van der Waals surface area contributed by atoms with E-state index in [2.05, 4.69) is 30.2 Å². The Morgan fingerprint density at radius 3 is 2.84 bits per heavy atom. The lowest BCUT2D eigenvalue weighted by Gasteiger charge is -2.22. The molecule has 106 valence electrons. The molecule has 3 nitrogen and oxygen atoms in total. The number of hydrogen-bond acceptors (Lipinski definition) is 3. The fourth-order valence-electron chi connectivity index (χ4n) is 3.16. The number of pyridine rings is 1. The van der Waals surface area contributed by atoms with Crippen molar-refractivity contribution in [1.82, 2.24) is 10.3 Å². The Labute approximate surface area is 116 Å². The van der Waals surface area contributed by atoms with Gasteiger partial charge in [-0.1, -0.05) is 13.8 Å². The Kier molecular flexibility index (Phi) is 4.81. The summed E-state index contributed by atoms with van der Waals surface area (Å²) < 4.78 is 5.75. The quantitative estimate of drug-likeness (QED) is 0.883. The highest BCUT2D eigenvalue weighted by atomic mass is 16.5. The first-order valence-electron chi connectivity index (χ1n) is 7.46. The number of ether oxygens (including phenoxy) is 1. The maximum Gasteiger partial charge on any atom is 0.138 e. The van der Waals surface area contributed by atoms with Gasteiger partial charge in [-0.25, -0.2) is 0 Å². The minimum absolute atomic E-state index is 0.201. The Balaban J connectivity index is 2.09. The molecular formula is C16H26N2O. The van der Waals surface area contributed by atoms with Gasteiger partial charge in [0.05, 0.1) is 12.3 Å². The SMILES string of the molecule is CCNC1CCC(c2cncc(OC(C)C)c2)C1C. The Morgan fingerprint density at radius 2 is 2.16 bits per heavy atom. The number of nitrogens with zero attached hydrogens (tertiary/aromatic N) is 1. The Bertz CT molecular complexity index is 405. The molecular weight excluding hydrogens is 236 g/mol. The molecule has 0 radical (unpaired) electrons. The maximum absolute atomic E-state index is 5.75. The predicted octanol–water partition coefficient (Wildman–Crippen LogP) is 3.36. The minimum atomic E-state index is 0.201. The van der Waals surface area contributed by atoms with Crippen molar-refractivity contribution in [2.75, 3.05) is 6.54 Å². The average molecular weight is 262 g/mol. The molecule has 0 spiro atoms. The zero-order valence-electron chi connectivity index (χ0n) is 12.5. The van der Waals surface area contributed by atoms with E-state index in [9.17, 15) is 0 Å². The molecule has 0 aromatic carbocycles. The van der Waals surface area contributed by atoms with Crippen LogP contribution in [0, 0.1) is 5.92 Å². The summed E-state index contributed by atoms with van der Waals surface area (Å²) >= 11 is 0. The third-order valence-electron chi connectivity index (χ3n) is 4.06. The molecule has 1 saturated carbocycles. The van der Waals surface area contributed by atoms with Crippen molar-refractivity contribution >= 4 is 0 Å². The smallest absolute Gasteiger partial charge is 0.138 e. The van der Waals surface area contributed by atoms with Crippen LogP contribution < -0.4 is 10.1 Å². The lowest BCUT2D eigenvalue weighted by Crippen LogP contribution is -2.32. The van der Waals surface area contributed by atoms with E-state index in [0.717, 1.165) is 12.3 Å². The number of aromatic nitrogens is 1. The normalized spacial score (nSPS) is 26.9. The second-order valence-electron chi connectivity index (χ2n) is 5.83. The maximum atomic E-state index is 5.75. The van der Waals surface area contributed by atoms with Crippen LogP contribution in [0.15, 0.2) is 18.5 Å². The lowest BCUT2D eigenvalue weighted by molar-refractivity contribution is 0.241. The largest absolute Gasteiger partial charge is 0.489 e. The van der Waals surface area contributed by atoms with E-state index in [1.807, 2.05) is 26.2 Å². The van der Waals surface area contributed by atoms with Crippen LogP contribution in [-0.2, 0) is 0 Å². The van der Waals surface area contributed by atoms with Gasteiger partial charge in [0.1, 0.15) is 5.75 Å². The van der Waals surface area contributed by atoms with Gasteiger partial charge in [-0.15, -0.1) is 0 Å². The zero-order chi connectivity index (χ0) is 13.8. The van der Waals surface area contributed by atoms with Crippen molar-refractivity contribution in [3.8, 4) is 5.75 Å². The fourth-order valence-corrected chi connectivity index (χ4v) is 3.16. The van der Waals surface area contributed by atoms with E-state index < -0.39 is 0 Å². The van der Waals surface area contributed by atoms with E-state index >= 15 is 0 Å². The van der Waals surface area contributed by atoms with Crippen LogP contribution in [0.1, 0.15) is 52.0 Å². The summed E-state index contributed by atoms with van der Waals surface area (Å²) in [6.45, 7) is 9.67. The van der Waals surface area contributed by atoms with Gasteiger partial charge >= 0.3 is 0 Å². The topological polar surface area (TPSA) is 34.2 Å². The number of nitrogens with one attached hydrogen (secondary N) is 1. The average Bonchev–Trinajstić information content (AvgIpc) is 2.71. The molecule has 1 aromatic heterocycles. The van der Waals surface area contributed by atoms with E-state index in [0.29, 0.717) is 17.9 Å². The third-order valence-corrected chi connectivity index (χ3v) is 4.06. The first kappa shape index (κ1) is 14.3. The number of rotatable bonds is 5. The molecule has 0 bridgehead atoms. The molecule has 1 aromatic rings. The van der Waals surface area contributed by atoms with Gasteiger partial charge in [0.2, 0.25) is 0 Å². The van der Waals surface area contributed by atoms with Gasteiger partial charge in [0, 0.05) is 12.2 Å². The van der Waals surface area contributed by atoms with Gasteiger partial charge in [-0.05, 0) is 56.7 Å². The minimum Gasteiger partial charge on any atom is -0.489 e. The first-order valence-corrected chi connectivity index (χ1v) is 7.46. The fraction of sp³-hybridized carbons (Fsp3) is 0.688. The molecule has 1 fully saturated rings. The summed E-state index contributed by atoms with van der Waals surface area (Å²) in [5.41, 5.74) is 1.33. The van der Waals surface area contributed by atoms with Crippen LogP contribution in [0.3, 0.4) is 0 Å². The van der Waals surface area contributed by atoms with Crippen molar-refractivity contribution in [2.45, 2.75) is 58.6 Å². The van der Waals surface area contributed by atoms with Crippen LogP contribution in [0.4, 0.5) is 0 Å². The summed E-state index contributed by atoms with van der Waals surface area (Å²) in [4.78, 5) is 4.34. The van der Waals surface area contributed by atoms with Crippen molar-refractivity contribution < 1.29 is 4.74 Å². The van der Waals surface area contributed by atoms with Crippen molar-refractivity contribution in [3.05, 3.63) is 24.0 Å². The van der Waals surface area contributed by atoms with Gasteiger partial charge < -0.3 is 10.1 Å². The molecule has 0 aliphatic heterocycles. The summed E-state index contributed by atoms with van der Waals surface area (Å²) in [6, 6.07) is 2.81. The second-order valence-corrected chi connectivity index (χ2v) is 5.83. The Hall–Kier alpha value is -1.09. The molecule has 1 aliphatic carbocycles. The van der Waals surface area contributed by atoms with Gasteiger partial charge in [0.25, 0.3) is 0 Å². The summed E-state index contributed by atoms with van der Waals surface area (Å²) in [7, 11) is 0. The highest BCUT2D eigenvalue weighted by Crippen LogP contribution is 2.40. The van der Waals surface area contributed by atoms with E-state index in [-0.39, 0.29) is 6.10 Å². The van der Waals surface area contributed by atoms with Crippen LogP contribution in [0.2, 0.25) is 0 Å². The van der Waals surface area contributed by atoms with E-state index in [4.69, 9.17) is 4.74 Å². The summed E-state index contributed by atoms with van der Waals surface area (Å²) in [5, 5.41) is 3.59. The number of hydrogen-bond donors (Lipinski definition) is 1. The second kappa shape index (κ2) is 6.38. The van der Waals surface area contributed by atoms with Crippen molar-refractivity contribution in [1.29, 1.82) is 0 Å². The Morgan fingerprint density at radius 1 is 1.37 bits per heavy atom. The molecule has 1 N–H and O–H groups in total. The molecule has 2 rings (SSSR count). The lowest BCUT2D eigenvalue weighted by atomic mass is 9.90. The molecule has 1 heterocycles. The van der Waals surface area contributed by atoms with Crippen molar-refractivity contribution in [3.63, 3.8) is 0 Å². The van der Waals surface area contributed by atoms with Crippen molar-refractivity contribution in [2.24, 2.45) is 5.92 Å². The molecule has 0 amide bonds. The van der Waals surface area contributed by atoms with Crippen LogP contribution in [0.25, 0.3) is 0 Å². The van der Waals surface area contributed by atoms with Crippen LogP contribution in [-0.4, -0.2) is 23.7 Å². The van der Waals surface area contributed by atoms with Crippen LogP contribution >= 0.6 is 0 Å². The molecule has 1 aliphatic rings. The van der Waals surface area contributed by atoms with Gasteiger partial charge in [-0.2, -0.15) is 0 Å².